The molecular formula is C12H11BrN2O3. The molecule has 0 aliphatic heterocycles. The number of nitrogens with zero attached hydrogens (tertiary/aromatic N) is 1. The lowest BCUT2D eigenvalue weighted by atomic mass is 10.2. The van der Waals surface area contributed by atoms with E-state index in [1.807, 2.05) is 6.07 Å². The quantitative estimate of drug-likeness (QED) is 0.850. The Bertz CT molecular complexity index is 606. The minimum absolute atomic E-state index is 0.0409. The summed E-state index contributed by atoms with van der Waals surface area (Å²) in [5.74, 6) is -1.32. The van der Waals surface area contributed by atoms with Crippen LogP contribution in [0.1, 0.15) is 16.9 Å². The number of halogens is 1. The summed E-state index contributed by atoms with van der Waals surface area (Å²) in [5.41, 5.74) is 3.29. The molecule has 0 bridgehead atoms. The van der Waals surface area contributed by atoms with Crippen LogP contribution in [-0.2, 0) is 4.79 Å². The number of rotatable bonds is 4. The highest BCUT2D eigenvalue weighted by molar-refractivity contribution is 9.09. The first-order valence-electron chi connectivity index (χ1n) is 5.33. The van der Waals surface area contributed by atoms with Crippen molar-refractivity contribution >= 4 is 38.7 Å². The molecule has 0 saturated heterocycles. The van der Waals surface area contributed by atoms with Gasteiger partial charge in [0, 0.05) is 17.1 Å². The van der Waals surface area contributed by atoms with Crippen LogP contribution in [0.3, 0.4) is 0 Å². The first-order chi connectivity index (χ1) is 8.63. The first kappa shape index (κ1) is 12.6. The van der Waals surface area contributed by atoms with E-state index in [1.165, 1.54) is 10.7 Å². The molecule has 2 rings (SSSR count). The third kappa shape index (κ3) is 2.38. The summed E-state index contributed by atoms with van der Waals surface area (Å²) in [5, 5.41) is 10.4. The summed E-state index contributed by atoms with van der Waals surface area (Å²) in [6.07, 6.45) is 0.283. The smallest absolute Gasteiger partial charge is 0.354 e. The van der Waals surface area contributed by atoms with Gasteiger partial charge in [-0.15, -0.1) is 0 Å². The number of nitrogens with one attached hydrogen (secondary N) is 1. The van der Waals surface area contributed by atoms with E-state index >= 15 is 0 Å². The van der Waals surface area contributed by atoms with E-state index in [-0.39, 0.29) is 18.0 Å². The average Bonchev–Trinajstić information content (AvgIpc) is 2.69. The van der Waals surface area contributed by atoms with Crippen LogP contribution in [0.4, 0.5) is 0 Å². The normalized spacial score (nSPS) is 10.5. The van der Waals surface area contributed by atoms with Crippen molar-refractivity contribution in [2.45, 2.75) is 6.42 Å². The Labute approximate surface area is 111 Å². The second-order valence-electron chi connectivity index (χ2n) is 3.70. The largest absolute Gasteiger partial charge is 0.477 e. The van der Waals surface area contributed by atoms with Gasteiger partial charge in [0.15, 0.2) is 0 Å². The Morgan fingerprint density at radius 1 is 1.33 bits per heavy atom. The SMILES string of the molecule is O=C(CCBr)Nn1c(C(=O)O)cc2ccccc21. The van der Waals surface area contributed by atoms with Gasteiger partial charge in [-0.05, 0) is 12.1 Å². The molecule has 0 aliphatic carbocycles. The Balaban J connectivity index is 2.48. The molecule has 94 valence electrons. The van der Waals surface area contributed by atoms with Crippen LogP contribution in [0, 0.1) is 0 Å². The van der Waals surface area contributed by atoms with Crippen molar-refractivity contribution in [3.8, 4) is 0 Å². The first-order valence-corrected chi connectivity index (χ1v) is 6.45. The molecule has 0 saturated carbocycles. The molecule has 18 heavy (non-hydrogen) atoms. The number of hydrogen-bond acceptors (Lipinski definition) is 2. The number of carboxylic acids is 1. The van der Waals surface area contributed by atoms with Crippen molar-refractivity contribution in [1.82, 2.24) is 4.68 Å². The molecule has 1 heterocycles. The molecule has 0 atom stereocenters. The maximum absolute atomic E-state index is 11.6. The highest BCUT2D eigenvalue weighted by atomic mass is 79.9. The van der Waals surface area contributed by atoms with Crippen molar-refractivity contribution < 1.29 is 14.7 Å². The zero-order valence-electron chi connectivity index (χ0n) is 9.39. The fourth-order valence-corrected chi connectivity index (χ4v) is 2.06. The number of amides is 1. The van der Waals surface area contributed by atoms with Gasteiger partial charge in [0.1, 0.15) is 5.69 Å². The summed E-state index contributed by atoms with van der Waals surface area (Å²) in [6.45, 7) is 0. The van der Waals surface area contributed by atoms with Crippen molar-refractivity contribution in [3.63, 3.8) is 0 Å². The van der Waals surface area contributed by atoms with Crippen LogP contribution in [-0.4, -0.2) is 27.0 Å². The number of carbonyl (C=O) groups excluding carboxylic acids is 1. The molecule has 2 aromatic rings. The van der Waals surface area contributed by atoms with E-state index in [2.05, 4.69) is 21.4 Å². The number of para-hydroxylation sites is 1. The maximum Gasteiger partial charge on any atom is 0.354 e. The second-order valence-corrected chi connectivity index (χ2v) is 4.50. The van der Waals surface area contributed by atoms with E-state index in [1.54, 1.807) is 18.2 Å². The van der Waals surface area contributed by atoms with Crippen LogP contribution in [0.5, 0.6) is 0 Å². The lowest BCUT2D eigenvalue weighted by molar-refractivity contribution is -0.116. The van der Waals surface area contributed by atoms with E-state index in [0.717, 1.165) is 5.39 Å². The number of aromatic nitrogens is 1. The fraction of sp³-hybridized carbons (Fsp3) is 0.167. The summed E-state index contributed by atoms with van der Waals surface area (Å²) in [7, 11) is 0. The van der Waals surface area contributed by atoms with E-state index < -0.39 is 5.97 Å². The van der Waals surface area contributed by atoms with Crippen molar-refractivity contribution in [1.29, 1.82) is 0 Å². The van der Waals surface area contributed by atoms with Gasteiger partial charge in [-0.2, -0.15) is 0 Å². The molecule has 5 nitrogen and oxygen atoms in total. The molecule has 1 aromatic heterocycles. The monoisotopic (exact) mass is 310 g/mol. The van der Waals surface area contributed by atoms with Crippen LogP contribution < -0.4 is 5.43 Å². The molecule has 2 N–H and O–H groups in total. The maximum atomic E-state index is 11.6. The Hall–Kier alpha value is -1.82. The van der Waals surface area contributed by atoms with Gasteiger partial charge in [0.2, 0.25) is 5.91 Å². The van der Waals surface area contributed by atoms with E-state index in [4.69, 9.17) is 5.11 Å². The predicted octanol–water partition coefficient (Wildman–Crippen LogP) is 2.19. The topological polar surface area (TPSA) is 71.3 Å². The predicted molar refractivity (Wildman–Crippen MR) is 71.7 cm³/mol. The number of aromatic carboxylic acids is 1. The number of carbonyl (C=O) groups is 2. The van der Waals surface area contributed by atoms with Crippen LogP contribution in [0.15, 0.2) is 30.3 Å². The second kappa shape index (κ2) is 5.22. The highest BCUT2D eigenvalue weighted by Crippen LogP contribution is 2.18. The molecule has 0 spiro atoms. The highest BCUT2D eigenvalue weighted by Gasteiger charge is 2.15. The molecule has 1 amide bonds. The Morgan fingerprint density at radius 2 is 2.06 bits per heavy atom. The number of alkyl halides is 1. The number of benzene rings is 1. The van der Waals surface area contributed by atoms with Gasteiger partial charge >= 0.3 is 5.97 Å². The summed E-state index contributed by atoms with van der Waals surface area (Å²) < 4.78 is 1.31. The lowest BCUT2D eigenvalue weighted by Gasteiger charge is -2.09. The number of carboxylic acid groups (broad SMARTS) is 1. The third-order valence-corrected chi connectivity index (χ3v) is 2.88. The summed E-state index contributed by atoms with van der Waals surface area (Å²) in [6, 6.07) is 8.71. The molecule has 6 heteroatoms. The molecule has 0 unspecified atom stereocenters. The third-order valence-electron chi connectivity index (χ3n) is 2.49. The lowest BCUT2D eigenvalue weighted by Crippen LogP contribution is -2.25. The minimum atomic E-state index is -1.08. The van der Waals surface area contributed by atoms with Crippen molar-refractivity contribution in [2.24, 2.45) is 0 Å². The van der Waals surface area contributed by atoms with Gasteiger partial charge in [-0.3, -0.25) is 10.2 Å². The van der Waals surface area contributed by atoms with Crippen molar-refractivity contribution in [2.75, 3.05) is 10.8 Å². The van der Waals surface area contributed by atoms with Crippen molar-refractivity contribution in [3.05, 3.63) is 36.0 Å². The molecule has 1 aromatic carbocycles. The van der Waals surface area contributed by atoms with Gasteiger partial charge in [0.25, 0.3) is 0 Å². The summed E-state index contributed by atoms with van der Waals surface area (Å²) >= 11 is 3.16. The summed E-state index contributed by atoms with van der Waals surface area (Å²) in [4.78, 5) is 22.7. The van der Waals surface area contributed by atoms with Gasteiger partial charge in [0.05, 0.1) is 5.52 Å². The minimum Gasteiger partial charge on any atom is -0.477 e. The molecular weight excluding hydrogens is 300 g/mol. The Kier molecular flexibility index (Phi) is 3.66. The average molecular weight is 311 g/mol. The van der Waals surface area contributed by atoms with Crippen LogP contribution >= 0.6 is 15.9 Å². The Morgan fingerprint density at radius 3 is 2.72 bits per heavy atom. The van der Waals surface area contributed by atoms with Gasteiger partial charge in [-0.1, -0.05) is 34.1 Å². The molecule has 0 radical (unpaired) electrons. The zero-order valence-corrected chi connectivity index (χ0v) is 11.0. The fourth-order valence-electron chi connectivity index (χ4n) is 1.70. The van der Waals surface area contributed by atoms with E-state index in [0.29, 0.717) is 10.8 Å². The molecule has 0 fully saturated rings. The van der Waals surface area contributed by atoms with Gasteiger partial charge in [-0.25, -0.2) is 9.47 Å². The van der Waals surface area contributed by atoms with Gasteiger partial charge < -0.3 is 5.11 Å². The standard InChI is InChI=1S/C12H11BrN2O3/c13-6-5-11(16)14-15-9-4-2-1-3-8(9)7-10(15)12(17)18/h1-4,7H,5-6H2,(H,14,16)(H,17,18). The van der Waals surface area contributed by atoms with Crippen LogP contribution in [0.2, 0.25) is 0 Å². The molecule has 0 aliphatic rings. The van der Waals surface area contributed by atoms with E-state index in [9.17, 15) is 9.59 Å². The number of fused-ring (bicyclic) bond motifs is 1. The van der Waals surface area contributed by atoms with Crippen LogP contribution in [0.25, 0.3) is 10.9 Å². The zero-order chi connectivity index (χ0) is 13.1. The number of hydrogen-bond donors (Lipinski definition) is 2.